The van der Waals surface area contributed by atoms with Gasteiger partial charge in [-0.3, -0.25) is 14.9 Å². The van der Waals surface area contributed by atoms with Crippen LogP contribution in [0.4, 0.5) is 5.69 Å². The standard InChI is InChI=1S/C14H16BrNO4/c1-9-5-6-14(7-9,13(17)18)8-10-3-2-4-11(12(10)15)16(19)20/h2-4,9H,5-8H2,1H3,(H,17,18). The molecule has 0 aromatic heterocycles. The summed E-state index contributed by atoms with van der Waals surface area (Å²) in [6.07, 6.45) is 2.46. The van der Waals surface area contributed by atoms with Crippen LogP contribution in [0.5, 0.6) is 0 Å². The topological polar surface area (TPSA) is 80.4 Å². The minimum atomic E-state index is -0.805. The van der Waals surface area contributed by atoms with E-state index >= 15 is 0 Å². The molecule has 1 N–H and O–H groups in total. The van der Waals surface area contributed by atoms with Crippen molar-refractivity contribution in [2.75, 3.05) is 0 Å². The zero-order valence-corrected chi connectivity index (χ0v) is 12.7. The molecular formula is C14H16BrNO4. The monoisotopic (exact) mass is 341 g/mol. The maximum Gasteiger partial charge on any atom is 0.309 e. The first-order chi connectivity index (χ1) is 9.35. The van der Waals surface area contributed by atoms with Gasteiger partial charge in [0.2, 0.25) is 0 Å². The van der Waals surface area contributed by atoms with E-state index in [1.54, 1.807) is 12.1 Å². The van der Waals surface area contributed by atoms with Gasteiger partial charge in [-0.25, -0.2) is 0 Å². The molecule has 1 aliphatic rings. The summed E-state index contributed by atoms with van der Waals surface area (Å²) in [6, 6.07) is 4.77. The Bertz CT molecular complexity index is 560. The van der Waals surface area contributed by atoms with E-state index in [2.05, 4.69) is 15.9 Å². The summed E-state index contributed by atoms with van der Waals surface area (Å²) in [5.74, 6) is -0.427. The SMILES string of the molecule is CC1CCC(Cc2cccc([N+](=O)[O-])c2Br)(C(=O)O)C1. The Morgan fingerprint density at radius 3 is 2.80 bits per heavy atom. The highest BCUT2D eigenvalue weighted by molar-refractivity contribution is 9.10. The summed E-state index contributed by atoms with van der Waals surface area (Å²) in [7, 11) is 0. The maximum absolute atomic E-state index is 11.7. The second-order valence-electron chi connectivity index (χ2n) is 5.62. The molecule has 1 aromatic carbocycles. The molecule has 1 aliphatic carbocycles. The number of nitro benzene ring substituents is 1. The lowest BCUT2D eigenvalue weighted by Crippen LogP contribution is -2.30. The van der Waals surface area contributed by atoms with E-state index in [4.69, 9.17) is 0 Å². The molecule has 0 heterocycles. The van der Waals surface area contributed by atoms with Crippen molar-refractivity contribution in [3.63, 3.8) is 0 Å². The van der Waals surface area contributed by atoms with Crippen LogP contribution in [0, 0.1) is 21.4 Å². The molecule has 1 fully saturated rings. The zero-order chi connectivity index (χ0) is 14.9. The van der Waals surface area contributed by atoms with Gasteiger partial charge in [0.25, 0.3) is 5.69 Å². The summed E-state index contributed by atoms with van der Waals surface area (Å²) in [5, 5.41) is 20.5. The second kappa shape index (κ2) is 5.52. The van der Waals surface area contributed by atoms with E-state index in [-0.39, 0.29) is 5.69 Å². The molecule has 5 nitrogen and oxygen atoms in total. The number of nitrogens with zero attached hydrogens (tertiary/aromatic N) is 1. The minimum absolute atomic E-state index is 0.0194. The average molecular weight is 342 g/mol. The molecule has 1 aromatic rings. The molecule has 6 heteroatoms. The first-order valence-electron chi connectivity index (χ1n) is 6.51. The number of benzene rings is 1. The molecule has 0 amide bonds. The Hall–Kier alpha value is -1.43. The molecule has 0 spiro atoms. The number of halogens is 1. The quantitative estimate of drug-likeness (QED) is 0.667. The van der Waals surface area contributed by atoms with Crippen molar-refractivity contribution in [1.82, 2.24) is 0 Å². The molecule has 2 atom stereocenters. The van der Waals surface area contributed by atoms with Crippen molar-refractivity contribution >= 4 is 27.6 Å². The number of rotatable bonds is 4. The molecule has 108 valence electrons. The number of nitro groups is 1. The van der Waals surface area contributed by atoms with Gasteiger partial charge in [0.05, 0.1) is 14.8 Å². The number of hydrogen-bond acceptors (Lipinski definition) is 3. The van der Waals surface area contributed by atoms with Crippen molar-refractivity contribution < 1.29 is 14.8 Å². The third-order valence-electron chi connectivity index (χ3n) is 4.09. The van der Waals surface area contributed by atoms with Crippen LogP contribution >= 0.6 is 15.9 Å². The molecular weight excluding hydrogens is 326 g/mol. The van der Waals surface area contributed by atoms with E-state index in [0.29, 0.717) is 35.2 Å². The van der Waals surface area contributed by atoms with Crippen LogP contribution in [-0.2, 0) is 11.2 Å². The lowest BCUT2D eigenvalue weighted by Gasteiger charge is -2.24. The lowest BCUT2D eigenvalue weighted by molar-refractivity contribution is -0.385. The molecule has 0 radical (unpaired) electrons. The van der Waals surface area contributed by atoms with E-state index in [1.807, 2.05) is 6.92 Å². The smallest absolute Gasteiger partial charge is 0.309 e. The zero-order valence-electron chi connectivity index (χ0n) is 11.1. The van der Waals surface area contributed by atoms with E-state index < -0.39 is 16.3 Å². The Morgan fingerprint density at radius 1 is 1.60 bits per heavy atom. The maximum atomic E-state index is 11.7. The molecule has 2 unspecified atom stereocenters. The largest absolute Gasteiger partial charge is 0.481 e. The molecule has 0 aliphatic heterocycles. The average Bonchev–Trinajstić information content (AvgIpc) is 2.74. The molecule has 20 heavy (non-hydrogen) atoms. The van der Waals surface area contributed by atoms with Gasteiger partial charge in [-0.1, -0.05) is 19.1 Å². The third kappa shape index (κ3) is 2.70. The fourth-order valence-electron chi connectivity index (χ4n) is 3.03. The Labute approximate surface area is 125 Å². The first kappa shape index (κ1) is 15.0. The molecule has 0 bridgehead atoms. The van der Waals surface area contributed by atoms with Crippen LogP contribution in [0.2, 0.25) is 0 Å². The highest BCUT2D eigenvalue weighted by atomic mass is 79.9. The van der Waals surface area contributed by atoms with Crippen molar-refractivity contribution in [1.29, 1.82) is 0 Å². The van der Waals surface area contributed by atoms with E-state index in [9.17, 15) is 20.0 Å². The fraction of sp³-hybridized carbons (Fsp3) is 0.500. The normalized spacial score (nSPS) is 25.6. The fourth-order valence-corrected chi connectivity index (χ4v) is 3.58. The Balaban J connectivity index is 2.35. The molecule has 1 saturated carbocycles. The van der Waals surface area contributed by atoms with Crippen molar-refractivity contribution in [2.24, 2.45) is 11.3 Å². The second-order valence-corrected chi connectivity index (χ2v) is 6.41. The summed E-state index contributed by atoms with van der Waals surface area (Å²) in [6.45, 7) is 2.05. The van der Waals surface area contributed by atoms with Crippen LogP contribution in [0.1, 0.15) is 31.7 Å². The van der Waals surface area contributed by atoms with Crippen molar-refractivity contribution in [3.8, 4) is 0 Å². The Morgan fingerprint density at radius 2 is 2.30 bits per heavy atom. The first-order valence-corrected chi connectivity index (χ1v) is 7.30. The van der Waals surface area contributed by atoms with Crippen molar-refractivity contribution in [3.05, 3.63) is 38.3 Å². The molecule has 2 rings (SSSR count). The third-order valence-corrected chi connectivity index (χ3v) is 5.01. The predicted molar refractivity (Wildman–Crippen MR) is 77.6 cm³/mol. The summed E-state index contributed by atoms with van der Waals surface area (Å²) < 4.78 is 0.394. The summed E-state index contributed by atoms with van der Waals surface area (Å²) >= 11 is 3.24. The van der Waals surface area contributed by atoms with Gasteiger partial charge in [0.1, 0.15) is 0 Å². The van der Waals surface area contributed by atoms with Gasteiger partial charge in [0.15, 0.2) is 0 Å². The van der Waals surface area contributed by atoms with Gasteiger partial charge in [-0.05, 0) is 53.1 Å². The minimum Gasteiger partial charge on any atom is -0.481 e. The Kier molecular flexibility index (Phi) is 4.13. The van der Waals surface area contributed by atoms with Gasteiger partial charge >= 0.3 is 5.97 Å². The van der Waals surface area contributed by atoms with Crippen molar-refractivity contribution in [2.45, 2.75) is 32.6 Å². The highest BCUT2D eigenvalue weighted by Crippen LogP contribution is 2.45. The summed E-state index contributed by atoms with van der Waals surface area (Å²) in [5.41, 5.74) is -0.123. The van der Waals surface area contributed by atoms with Gasteiger partial charge in [-0.2, -0.15) is 0 Å². The number of hydrogen-bond donors (Lipinski definition) is 1. The number of carbonyl (C=O) groups is 1. The number of carboxylic acids is 1. The number of carboxylic acid groups (broad SMARTS) is 1. The van der Waals surface area contributed by atoms with E-state index in [0.717, 1.165) is 6.42 Å². The van der Waals surface area contributed by atoms with Crippen LogP contribution in [0.15, 0.2) is 22.7 Å². The molecule has 0 saturated heterocycles. The van der Waals surface area contributed by atoms with Crippen LogP contribution in [0.25, 0.3) is 0 Å². The highest BCUT2D eigenvalue weighted by Gasteiger charge is 2.44. The van der Waals surface area contributed by atoms with Gasteiger partial charge in [-0.15, -0.1) is 0 Å². The lowest BCUT2D eigenvalue weighted by atomic mass is 9.79. The predicted octanol–water partition coefficient (Wildman–Crippen LogP) is 3.79. The van der Waals surface area contributed by atoms with Gasteiger partial charge in [0, 0.05) is 6.07 Å². The van der Waals surface area contributed by atoms with Crippen LogP contribution in [-0.4, -0.2) is 16.0 Å². The van der Waals surface area contributed by atoms with Crippen LogP contribution in [0.3, 0.4) is 0 Å². The number of aliphatic carboxylic acids is 1. The van der Waals surface area contributed by atoms with Gasteiger partial charge < -0.3 is 5.11 Å². The van der Waals surface area contributed by atoms with Crippen LogP contribution < -0.4 is 0 Å². The van der Waals surface area contributed by atoms with E-state index in [1.165, 1.54) is 6.07 Å². The summed E-state index contributed by atoms with van der Waals surface area (Å²) in [4.78, 5) is 22.1.